The molecule has 0 bridgehead atoms. The molecule has 0 spiro atoms. The van der Waals surface area contributed by atoms with E-state index in [4.69, 9.17) is 5.11 Å². The van der Waals surface area contributed by atoms with Gasteiger partial charge >= 0.3 is 5.97 Å². The lowest BCUT2D eigenvalue weighted by molar-refractivity contribution is -0.138. The summed E-state index contributed by atoms with van der Waals surface area (Å²) in [5.41, 5.74) is 0.654. The molecule has 0 saturated carbocycles. The first-order valence-electron chi connectivity index (χ1n) is 5.87. The molecule has 4 N–H and O–H groups in total. The number of nitrogens with one attached hydrogen (secondary N) is 1. The van der Waals surface area contributed by atoms with Crippen LogP contribution in [0.3, 0.4) is 0 Å². The zero-order valence-corrected chi connectivity index (χ0v) is 10.3. The van der Waals surface area contributed by atoms with E-state index >= 15 is 0 Å². The van der Waals surface area contributed by atoms with E-state index in [0.717, 1.165) is 0 Å². The number of carbonyl (C=O) groups is 1. The predicted octanol–water partition coefficient (Wildman–Crippen LogP) is 0.534. The smallest absolute Gasteiger partial charge is 0.305 e. The van der Waals surface area contributed by atoms with E-state index in [2.05, 4.69) is 5.32 Å². The van der Waals surface area contributed by atoms with Gasteiger partial charge < -0.3 is 20.6 Å². The highest BCUT2D eigenvalue weighted by Crippen LogP contribution is 2.18. The van der Waals surface area contributed by atoms with E-state index < -0.39 is 24.2 Å². The molecule has 0 aliphatic rings. The maximum Gasteiger partial charge on any atom is 0.305 e. The number of rotatable bonds is 7. The van der Waals surface area contributed by atoms with Crippen molar-refractivity contribution in [1.82, 2.24) is 5.32 Å². The molecule has 3 atom stereocenters. The van der Waals surface area contributed by atoms with Gasteiger partial charge in [0, 0.05) is 12.6 Å². The third-order valence-electron chi connectivity index (χ3n) is 2.59. The molecule has 0 amide bonds. The Morgan fingerprint density at radius 2 is 1.89 bits per heavy atom. The second-order valence-electron chi connectivity index (χ2n) is 4.32. The number of hydrogen-bond acceptors (Lipinski definition) is 4. The first-order valence-corrected chi connectivity index (χ1v) is 5.87. The van der Waals surface area contributed by atoms with Crippen LogP contribution in [-0.2, 0) is 4.79 Å². The maximum atomic E-state index is 10.8. The Hall–Kier alpha value is -1.43. The molecule has 18 heavy (non-hydrogen) atoms. The fourth-order valence-corrected chi connectivity index (χ4v) is 1.69. The summed E-state index contributed by atoms with van der Waals surface area (Å²) in [5, 5.41) is 31.0. The Morgan fingerprint density at radius 1 is 1.28 bits per heavy atom. The zero-order valence-electron chi connectivity index (χ0n) is 10.3. The van der Waals surface area contributed by atoms with E-state index in [1.165, 1.54) is 0 Å². The van der Waals surface area contributed by atoms with Crippen molar-refractivity contribution in [3.05, 3.63) is 35.9 Å². The van der Waals surface area contributed by atoms with Gasteiger partial charge in [-0.05, 0) is 12.5 Å². The number of hydrogen-bond donors (Lipinski definition) is 4. The fourth-order valence-electron chi connectivity index (χ4n) is 1.69. The predicted molar refractivity (Wildman–Crippen MR) is 67.1 cm³/mol. The van der Waals surface area contributed by atoms with Gasteiger partial charge in [0.25, 0.3) is 0 Å². The van der Waals surface area contributed by atoms with Crippen molar-refractivity contribution < 1.29 is 20.1 Å². The molecule has 0 radical (unpaired) electrons. The van der Waals surface area contributed by atoms with Crippen LogP contribution in [0.2, 0.25) is 0 Å². The van der Waals surface area contributed by atoms with Crippen LogP contribution in [0.5, 0.6) is 0 Å². The first kappa shape index (κ1) is 14.6. The van der Waals surface area contributed by atoms with Gasteiger partial charge in [0.2, 0.25) is 0 Å². The van der Waals surface area contributed by atoms with E-state index in [9.17, 15) is 15.0 Å². The van der Waals surface area contributed by atoms with Crippen LogP contribution < -0.4 is 5.32 Å². The normalized spacial score (nSPS) is 15.9. The van der Waals surface area contributed by atoms with E-state index in [1.807, 2.05) is 6.07 Å². The lowest BCUT2D eigenvalue weighted by atomic mass is 9.99. The van der Waals surface area contributed by atoms with E-state index in [0.29, 0.717) is 5.56 Å². The quantitative estimate of drug-likeness (QED) is 0.569. The molecule has 1 rings (SSSR count). The van der Waals surface area contributed by atoms with Crippen LogP contribution >= 0.6 is 0 Å². The average molecular weight is 253 g/mol. The Balaban J connectivity index is 2.72. The van der Waals surface area contributed by atoms with Gasteiger partial charge in [-0.2, -0.15) is 0 Å². The van der Waals surface area contributed by atoms with Gasteiger partial charge in [0.15, 0.2) is 0 Å². The van der Waals surface area contributed by atoms with E-state index in [1.54, 1.807) is 31.2 Å². The third-order valence-corrected chi connectivity index (χ3v) is 2.59. The van der Waals surface area contributed by atoms with Gasteiger partial charge in [-0.25, -0.2) is 0 Å². The minimum absolute atomic E-state index is 0.206. The topological polar surface area (TPSA) is 89.8 Å². The van der Waals surface area contributed by atoms with Crippen LogP contribution in [0.15, 0.2) is 30.3 Å². The molecular weight excluding hydrogens is 234 g/mol. The van der Waals surface area contributed by atoms with Crippen LogP contribution in [0.1, 0.15) is 25.0 Å². The second-order valence-corrected chi connectivity index (χ2v) is 4.32. The van der Waals surface area contributed by atoms with Crippen molar-refractivity contribution in [3.63, 3.8) is 0 Å². The second kappa shape index (κ2) is 7.10. The number of aliphatic hydroxyl groups is 2. The molecule has 5 nitrogen and oxygen atoms in total. The van der Waals surface area contributed by atoms with Crippen LogP contribution in [0, 0.1) is 0 Å². The fraction of sp³-hybridized carbons (Fsp3) is 0.462. The molecule has 1 aromatic rings. The number of carboxylic acid groups (broad SMARTS) is 1. The van der Waals surface area contributed by atoms with Crippen LogP contribution in [0.25, 0.3) is 0 Å². The highest BCUT2D eigenvalue weighted by atomic mass is 16.4. The Morgan fingerprint density at radius 3 is 2.39 bits per heavy atom. The molecule has 5 heteroatoms. The number of benzene rings is 1. The number of aliphatic carboxylic acids is 1. The number of aliphatic hydroxyl groups excluding tert-OH is 2. The molecule has 0 aliphatic heterocycles. The zero-order chi connectivity index (χ0) is 13.5. The molecule has 0 heterocycles. The van der Waals surface area contributed by atoms with Crippen molar-refractivity contribution in [1.29, 1.82) is 0 Å². The summed E-state index contributed by atoms with van der Waals surface area (Å²) >= 11 is 0. The summed E-state index contributed by atoms with van der Waals surface area (Å²) in [4.78, 5) is 10.8. The van der Waals surface area contributed by atoms with Crippen molar-refractivity contribution in [2.45, 2.75) is 31.6 Å². The summed E-state index contributed by atoms with van der Waals surface area (Å²) in [6.07, 6.45) is -1.71. The lowest BCUT2D eigenvalue weighted by Gasteiger charge is -2.23. The molecule has 0 aromatic heterocycles. The van der Waals surface area contributed by atoms with Crippen LogP contribution in [0.4, 0.5) is 0 Å². The summed E-state index contributed by atoms with van der Waals surface area (Å²) < 4.78 is 0. The van der Waals surface area contributed by atoms with Gasteiger partial charge in [-0.15, -0.1) is 0 Å². The number of carboxylic acids is 1. The molecule has 1 aromatic carbocycles. The van der Waals surface area contributed by atoms with Crippen LogP contribution in [-0.4, -0.2) is 40.0 Å². The molecule has 100 valence electrons. The molecule has 0 aliphatic carbocycles. The minimum atomic E-state index is -0.993. The van der Waals surface area contributed by atoms with Gasteiger partial charge in [-0.3, -0.25) is 4.79 Å². The lowest BCUT2D eigenvalue weighted by Crippen LogP contribution is -2.40. The average Bonchev–Trinajstić information content (AvgIpc) is 2.34. The molecule has 0 saturated heterocycles. The summed E-state index contributed by atoms with van der Waals surface area (Å²) in [5.74, 6) is -0.993. The summed E-state index contributed by atoms with van der Waals surface area (Å²) in [6, 6.07) is 8.24. The first-order chi connectivity index (χ1) is 8.50. The maximum absolute atomic E-state index is 10.8. The van der Waals surface area contributed by atoms with Crippen molar-refractivity contribution in [2.24, 2.45) is 0 Å². The summed E-state index contributed by atoms with van der Waals surface area (Å²) in [6.45, 7) is 1.83. The largest absolute Gasteiger partial charge is 0.481 e. The monoisotopic (exact) mass is 253 g/mol. The van der Waals surface area contributed by atoms with Gasteiger partial charge in [-0.1, -0.05) is 30.3 Å². The minimum Gasteiger partial charge on any atom is -0.481 e. The Labute approximate surface area is 106 Å². The van der Waals surface area contributed by atoms with Crippen molar-refractivity contribution in [2.75, 3.05) is 6.54 Å². The van der Waals surface area contributed by atoms with Gasteiger partial charge in [0.1, 0.15) is 0 Å². The Kier molecular flexibility index (Phi) is 5.77. The highest BCUT2D eigenvalue weighted by Gasteiger charge is 2.23. The van der Waals surface area contributed by atoms with Crippen molar-refractivity contribution >= 4 is 5.97 Å². The van der Waals surface area contributed by atoms with Gasteiger partial charge in [0.05, 0.1) is 18.6 Å². The molecule has 3 unspecified atom stereocenters. The molecular formula is C13H19NO4. The summed E-state index contributed by atoms with van der Waals surface area (Å²) in [7, 11) is 0. The standard InChI is InChI=1S/C13H19NO4/c1-9(15)8-14-11(7-12(16)17)13(18)10-5-3-2-4-6-10/h2-6,9,11,13-15,18H,7-8H2,1H3,(H,16,17). The SMILES string of the molecule is CC(O)CNC(CC(=O)O)C(O)c1ccccc1. The Bertz CT molecular complexity index is 367. The highest BCUT2D eigenvalue weighted by molar-refractivity contribution is 5.67. The van der Waals surface area contributed by atoms with Crippen molar-refractivity contribution in [3.8, 4) is 0 Å². The van der Waals surface area contributed by atoms with E-state index in [-0.39, 0.29) is 13.0 Å². The third kappa shape index (κ3) is 4.83. The molecule has 0 fully saturated rings.